The van der Waals surface area contributed by atoms with Crippen LogP contribution in [0.4, 0.5) is 4.79 Å². The molecule has 0 aromatic rings. The molecule has 2 aliphatic heterocycles. The van der Waals surface area contributed by atoms with Crippen LogP contribution in [0.5, 0.6) is 0 Å². The molecule has 2 fully saturated rings. The number of hydrogen-bond donors (Lipinski definition) is 1. The van der Waals surface area contributed by atoms with Crippen LogP contribution in [0.25, 0.3) is 0 Å². The molecular weight excluding hydrogens is 292 g/mol. The summed E-state index contributed by atoms with van der Waals surface area (Å²) in [5, 5.41) is 3.64. The quantitative estimate of drug-likeness (QED) is 0.844. The highest BCUT2D eigenvalue weighted by Gasteiger charge is 2.28. The van der Waals surface area contributed by atoms with Crippen molar-refractivity contribution in [1.29, 1.82) is 0 Å². The van der Waals surface area contributed by atoms with Gasteiger partial charge in [0.2, 0.25) is 0 Å². The fourth-order valence-corrected chi connectivity index (χ4v) is 3.42. The van der Waals surface area contributed by atoms with E-state index in [0.29, 0.717) is 17.9 Å². The van der Waals surface area contributed by atoms with E-state index in [-0.39, 0.29) is 6.09 Å². The Morgan fingerprint density at radius 1 is 1.39 bits per heavy atom. The Bertz CT molecular complexity index is 375. The van der Waals surface area contributed by atoms with Crippen LogP contribution in [0, 0.1) is 11.8 Å². The summed E-state index contributed by atoms with van der Waals surface area (Å²) in [6, 6.07) is 0.517. The first kappa shape index (κ1) is 18.5. The molecule has 0 aromatic heterocycles. The highest BCUT2D eigenvalue weighted by molar-refractivity contribution is 5.68. The van der Waals surface area contributed by atoms with Crippen molar-refractivity contribution < 1.29 is 14.3 Å². The Hall–Kier alpha value is -0.810. The smallest absolute Gasteiger partial charge is 0.410 e. The topological polar surface area (TPSA) is 50.8 Å². The molecule has 0 aliphatic carbocycles. The van der Waals surface area contributed by atoms with Crippen molar-refractivity contribution in [3.8, 4) is 0 Å². The maximum absolute atomic E-state index is 12.2. The van der Waals surface area contributed by atoms with Crippen LogP contribution >= 0.6 is 0 Å². The number of amides is 1. The standard InChI is InChI=1S/C18H34N2O3/c1-14(16-8-11-22-13-16)19-9-7-15-6-5-10-20(12-15)17(21)23-18(2,3)4/h14-16,19H,5-13H2,1-4H3. The Labute approximate surface area is 141 Å². The molecule has 1 N–H and O–H groups in total. The van der Waals surface area contributed by atoms with Crippen LogP contribution in [-0.2, 0) is 9.47 Å². The van der Waals surface area contributed by atoms with Gasteiger partial charge in [-0.1, -0.05) is 0 Å². The maximum Gasteiger partial charge on any atom is 0.410 e. The Kier molecular flexibility index (Phi) is 6.72. The fraction of sp³-hybridized carbons (Fsp3) is 0.944. The van der Waals surface area contributed by atoms with Crippen molar-refractivity contribution >= 4 is 6.09 Å². The van der Waals surface area contributed by atoms with E-state index in [9.17, 15) is 4.79 Å². The van der Waals surface area contributed by atoms with E-state index in [0.717, 1.165) is 45.7 Å². The van der Waals surface area contributed by atoms with Gasteiger partial charge in [0.15, 0.2) is 0 Å². The maximum atomic E-state index is 12.2. The molecule has 0 spiro atoms. The van der Waals surface area contributed by atoms with Crippen molar-refractivity contribution in [2.24, 2.45) is 11.8 Å². The lowest BCUT2D eigenvalue weighted by atomic mass is 9.94. The third-order valence-electron chi connectivity index (χ3n) is 4.86. The average Bonchev–Trinajstić information content (AvgIpc) is 3.00. The van der Waals surface area contributed by atoms with Crippen molar-refractivity contribution in [3.05, 3.63) is 0 Å². The molecule has 0 saturated carbocycles. The molecule has 3 atom stereocenters. The number of piperidine rings is 1. The molecular formula is C18H34N2O3. The first-order valence-electron chi connectivity index (χ1n) is 9.14. The monoisotopic (exact) mass is 326 g/mol. The Morgan fingerprint density at radius 3 is 2.83 bits per heavy atom. The van der Waals surface area contributed by atoms with Gasteiger partial charge in [0.25, 0.3) is 0 Å². The zero-order valence-corrected chi connectivity index (χ0v) is 15.3. The molecule has 2 rings (SSSR count). The largest absolute Gasteiger partial charge is 0.444 e. The van der Waals surface area contributed by atoms with Crippen molar-refractivity contribution in [1.82, 2.24) is 10.2 Å². The van der Waals surface area contributed by atoms with Crippen LogP contribution in [0.15, 0.2) is 0 Å². The summed E-state index contributed by atoms with van der Waals surface area (Å²) in [6.45, 7) is 12.5. The van der Waals surface area contributed by atoms with E-state index < -0.39 is 5.60 Å². The van der Waals surface area contributed by atoms with Crippen LogP contribution < -0.4 is 5.32 Å². The van der Waals surface area contributed by atoms with E-state index in [2.05, 4.69) is 12.2 Å². The number of carbonyl (C=O) groups is 1. The van der Waals surface area contributed by atoms with Crippen molar-refractivity contribution in [3.63, 3.8) is 0 Å². The summed E-state index contributed by atoms with van der Waals surface area (Å²) in [7, 11) is 0. The van der Waals surface area contributed by atoms with Crippen LogP contribution in [-0.4, -0.2) is 55.5 Å². The van der Waals surface area contributed by atoms with Gasteiger partial charge in [-0.05, 0) is 71.8 Å². The summed E-state index contributed by atoms with van der Waals surface area (Å²) in [5.74, 6) is 1.23. The first-order chi connectivity index (χ1) is 10.8. The molecule has 2 saturated heterocycles. The third kappa shape index (κ3) is 6.30. The van der Waals surface area contributed by atoms with Crippen LogP contribution in [0.3, 0.4) is 0 Å². The van der Waals surface area contributed by atoms with E-state index >= 15 is 0 Å². The van der Waals surface area contributed by atoms with Gasteiger partial charge in [-0.2, -0.15) is 0 Å². The van der Waals surface area contributed by atoms with Gasteiger partial charge in [-0.15, -0.1) is 0 Å². The van der Waals surface area contributed by atoms with Gasteiger partial charge in [-0.3, -0.25) is 0 Å². The van der Waals surface area contributed by atoms with Gasteiger partial charge in [-0.25, -0.2) is 4.79 Å². The van der Waals surface area contributed by atoms with Crippen molar-refractivity contribution in [2.45, 2.75) is 65.0 Å². The zero-order chi connectivity index (χ0) is 16.9. The van der Waals surface area contributed by atoms with E-state index in [4.69, 9.17) is 9.47 Å². The van der Waals surface area contributed by atoms with Crippen molar-refractivity contribution in [2.75, 3.05) is 32.8 Å². The van der Waals surface area contributed by atoms with Gasteiger partial charge in [0, 0.05) is 25.7 Å². The molecule has 0 radical (unpaired) electrons. The average molecular weight is 326 g/mol. The highest BCUT2D eigenvalue weighted by atomic mass is 16.6. The van der Waals surface area contributed by atoms with E-state index in [1.54, 1.807) is 0 Å². The SMILES string of the molecule is CC(NCCC1CCCN(C(=O)OC(C)(C)C)C1)C1CCOC1. The lowest BCUT2D eigenvalue weighted by molar-refractivity contribution is 0.0161. The molecule has 5 nitrogen and oxygen atoms in total. The number of carbonyl (C=O) groups excluding carboxylic acids is 1. The molecule has 0 aromatic carbocycles. The van der Waals surface area contributed by atoms with E-state index in [1.807, 2.05) is 25.7 Å². The van der Waals surface area contributed by atoms with Gasteiger partial charge in [0.1, 0.15) is 5.60 Å². The summed E-state index contributed by atoms with van der Waals surface area (Å²) in [4.78, 5) is 14.1. The minimum atomic E-state index is -0.412. The molecule has 2 aliphatic rings. The molecule has 2 heterocycles. The molecule has 0 bridgehead atoms. The zero-order valence-electron chi connectivity index (χ0n) is 15.3. The number of ether oxygens (including phenoxy) is 2. The summed E-state index contributed by atoms with van der Waals surface area (Å²) in [5.41, 5.74) is -0.412. The Morgan fingerprint density at radius 2 is 2.17 bits per heavy atom. The van der Waals surface area contributed by atoms with E-state index in [1.165, 1.54) is 12.8 Å². The van der Waals surface area contributed by atoms with Crippen LogP contribution in [0.1, 0.15) is 53.4 Å². The minimum absolute atomic E-state index is 0.161. The second-order valence-electron chi connectivity index (χ2n) is 8.09. The minimum Gasteiger partial charge on any atom is -0.444 e. The Balaban J connectivity index is 1.68. The van der Waals surface area contributed by atoms with Gasteiger partial charge >= 0.3 is 6.09 Å². The molecule has 5 heteroatoms. The lowest BCUT2D eigenvalue weighted by Gasteiger charge is -2.34. The highest BCUT2D eigenvalue weighted by Crippen LogP contribution is 2.22. The number of nitrogens with zero attached hydrogens (tertiary/aromatic N) is 1. The molecule has 23 heavy (non-hydrogen) atoms. The van der Waals surface area contributed by atoms with Crippen LogP contribution in [0.2, 0.25) is 0 Å². The van der Waals surface area contributed by atoms with Gasteiger partial charge in [0.05, 0.1) is 6.61 Å². The second-order valence-corrected chi connectivity index (χ2v) is 8.09. The normalized spacial score (nSPS) is 27.0. The number of rotatable bonds is 5. The molecule has 134 valence electrons. The summed E-state index contributed by atoms with van der Waals surface area (Å²) < 4.78 is 10.9. The first-order valence-corrected chi connectivity index (χ1v) is 9.14. The third-order valence-corrected chi connectivity index (χ3v) is 4.86. The lowest BCUT2D eigenvalue weighted by Crippen LogP contribution is -2.43. The molecule has 1 amide bonds. The van der Waals surface area contributed by atoms with Gasteiger partial charge < -0.3 is 19.7 Å². The molecule has 3 unspecified atom stereocenters. The fourth-order valence-electron chi connectivity index (χ4n) is 3.42. The second kappa shape index (κ2) is 8.34. The summed E-state index contributed by atoms with van der Waals surface area (Å²) >= 11 is 0. The number of hydrogen-bond acceptors (Lipinski definition) is 4. The predicted octanol–water partition coefficient (Wildman–Crippen LogP) is 3.04. The summed E-state index contributed by atoms with van der Waals surface area (Å²) in [6.07, 6.45) is 4.42. The number of nitrogens with one attached hydrogen (secondary N) is 1. The predicted molar refractivity (Wildman–Crippen MR) is 91.5 cm³/mol. The number of likely N-dealkylation sites (tertiary alicyclic amines) is 1.